The number of benzene rings is 3. The van der Waals surface area contributed by atoms with Gasteiger partial charge in [0.25, 0.3) is 0 Å². The van der Waals surface area contributed by atoms with Crippen LogP contribution in [0.25, 0.3) is 10.9 Å². The number of hydrogen-bond acceptors (Lipinski definition) is 2. The Morgan fingerprint density at radius 3 is 2.50 bits per heavy atom. The van der Waals surface area contributed by atoms with Gasteiger partial charge in [0, 0.05) is 29.6 Å². The molecule has 2 atom stereocenters. The van der Waals surface area contributed by atoms with Crippen molar-refractivity contribution in [3.8, 4) is 0 Å². The molecule has 0 radical (unpaired) electrons. The molecule has 1 aromatic heterocycles. The van der Waals surface area contributed by atoms with Gasteiger partial charge in [-0.2, -0.15) is 0 Å². The van der Waals surface area contributed by atoms with E-state index in [-0.39, 0.29) is 36.8 Å². The smallest absolute Gasteiger partial charge is 0.246 e. The van der Waals surface area contributed by atoms with Crippen molar-refractivity contribution in [2.45, 2.75) is 32.0 Å². The highest BCUT2D eigenvalue weighted by molar-refractivity contribution is 5.97. The highest BCUT2D eigenvalue weighted by atomic mass is 19.1. The first kappa shape index (κ1) is 20.7. The fourth-order valence-corrected chi connectivity index (χ4v) is 5.49. The maximum absolute atomic E-state index is 13.8. The minimum atomic E-state index is -0.585. The summed E-state index contributed by atoms with van der Waals surface area (Å²) in [6, 6.07) is 21.3. The summed E-state index contributed by atoms with van der Waals surface area (Å²) in [5.41, 5.74) is 5.98. The Bertz CT molecular complexity index is 1430. The van der Waals surface area contributed by atoms with Crippen LogP contribution in [0.1, 0.15) is 34.0 Å². The van der Waals surface area contributed by atoms with Gasteiger partial charge in [0.2, 0.25) is 11.8 Å². The van der Waals surface area contributed by atoms with Gasteiger partial charge in [-0.25, -0.2) is 4.39 Å². The maximum atomic E-state index is 13.8. The Morgan fingerprint density at radius 2 is 1.71 bits per heavy atom. The number of carbonyl (C=O) groups is 2. The summed E-state index contributed by atoms with van der Waals surface area (Å²) in [5.74, 6) is -0.473. The van der Waals surface area contributed by atoms with Gasteiger partial charge in [-0.1, -0.05) is 54.6 Å². The number of carbonyl (C=O) groups excluding carboxylic acids is 2. The van der Waals surface area contributed by atoms with Crippen molar-refractivity contribution in [1.29, 1.82) is 0 Å². The van der Waals surface area contributed by atoms with Crippen molar-refractivity contribution in [2.24, 2.45) is 0 Å². The molecule has 0 saturated carbocycles. The van der Waals surface area contributed by atoms with Crippen molar-refractivity contribution in [3.05, 3.63) is 107 Å². The molecule has 0 aliphatic carbocycles. The molecule has 1 saturated heterocycles. The number of H-pyrrole nitrogens is 1. The Labute approximate surface area is 196 Å². The van der Waals surface area contributed by atoms with Crippen LogP contribution in [0.15, 0.2) is 72.8 Å². The van der Waals surface area contributed by atoms with Crippen LogP contribution in [0.4, 0.5) is 4.39 Å². The number of nitrogens with one attached hydrogen (secondary N) is 1. The van der Waals surface area contributed by atoms with E-state index in [0.717, 1.165) is 38.9 Å². The van der Waals surface area contributed by atoms with Gasteiger partial charge in [0.05, 0.1) is 6.04 Å². The molecule has 5 nitrogen and oxygen atoms in total. The number of aromatic nitrogens is 1. The molecule has 3 heterocycles. The standard InChI is InChI=1S/C28H24FN3O2/c1-17-6-2-3-7-20(17)27-26-22(21-8-4-5-9-23(21)30-26)14-24-28(34)31(16-25(33)32(24)27)15-18-10-12-19(29)13-11-18/h2-13,24,27,30H,14-16H2,1H3/t24-,27+/m0/s1. The van der Waals surface area contributed by atoms with Crippen LogP contribution in [0.3, 0.4) is 0 Å². The minimum Gasteiger partial charge on any atom is -0.356 e. The molecule has 34 heavy (non-hydrogen) atoms. The summed E-state index contributed by atoms with van der Waals surface area (Å²) < 4.78 is 13.4. The van der Waals surface area contributed by atoms with Gasteiger partial charge in [-0.15, -0.1) is 0 Å². The molecule has 170 valence electrons. The van der Waals surface area contributed by atoms with E-state index in [4.69, 9.17) is 0 Å². The highest BCUT2D eigenvalue weighted by Gasteiger charge is 2.48. The largest absolute Gasteiger partial charge is 0.356 e. The van der Waals surface area contributed by atoms with Crippen LogP contribution in [0, 0.1) is 12.7 Å². The zero-order valence-corrected chi connectivity index (χ0v) is 18.8. The summed E-state index contributed by atoms with van der Waals surface area (Å²) >= 11 is 0. The molecule has 2 aliphatic heterocycles. The third-order valence-corrected chi connectivity index (χ3v) is 7.11. The van der Waals surface area contributed by atoms with Crippen molar-refractivity contribution in [2.75, 3.05) is 6.54 Å². The zero-order chi connectivity index (χ0) is 23.4. The summed E-state index contributed by atoms with van der Waals surface area (Å²) in [4.78, 5) is 34.3. The third kappa shape index (κ3) is 3.21. The molecular weight excluding hydrogens is 429 g/mol. The van der Waals surface area contributed by atoms with E-state index in [1.54, 1.807) is 21.9 Å². The number of aromatic amines is 1. The van der Waals surface area contributed by atoms with Crippen LogP contribution in [-0.2, 0) is 22.6 Å². The Balaban J connectivity index is 1.46. The second kappa shape index (κ2) is 7.83. The Morgan fingerprint density at radius 1 is 0.971 bits per heavy atom. The summed E-state index contributed by atoms with van der Waals surface area (Å²) in [7, 11) is 0. The van der Waals surface area contributed by atoms with Crippen molar-refractivity contribution < 1.29 is 14.0 Å². The van der Waals surface area contributed by atoms with Gasteiger partial charge in [-0.3, -0.25) is 9.59 Å². The molecule has 0 unspecified atom stereocenters. The number of piperazine rings is 1. The normalized spacial score (nSPS) is 19.9. The van der Waals surface area contributed by atoms with E-state index in [9.17, 15) is 14.0 Å². The molecule has 6 heteroatoms. The first-order valence-corrected chi connectivity index (χ1v) is 11.5. The minimum absolute atomic E-state index is 0.00462. The lowest BCUT2D eigenvalue weighted by Crippen LogP contribution is -2.62. The maximum Gasteiger partial charge on any atom is 0.246 e. The molecule has 3 aromatic carbocycles. The van der Waals surface area contributed by atoms with Crippen molar-refractivity contribution >= 4 is 22.7 Å². The Hall–Kier alpha value is -3.93. The number of rotatable bonds is 3. The lowest BCUT2D eigenvalue weighted by molar-refractivity contribution is -0.159. The number of aryl methyl sites for hydroxylation is 1. The summed E-state index contributed by atoms with van der Waals surface area (Å²) in [6.07, 6.45) is 0.465. The van der Waals surface area contributed by atoms with E-state index in [1.165, 1.54) is 12.1 Å². The number of fused-ring (bicyclic) bond motifs is 4. The number of halogens is 1. The van der Waals surface area contributed by atoms with Gasteiger partial charge in [-0.05, 0) is 47.4 Å². The Kier molecular flexibility index (Phi) is 4.76. The average molecular weight is 454 g/mol. The lowest BCUT2D eigenvalue weighted by atomic mass is 9.85. The van der Waals surface area contributed by atoms with Crippen LogP contribution in [0.2, 0.25) is 0 Å². The second-order valence-corrected chi connectivity index (χ2v) is 9.16. The van der Waals surface area contributed by atoms with Crippen molar-refractivity contribution in [1.82, 2.24) is 14.8 Å². The van der Waals surface area contributed by atoms with E-state index in [1.807, 2.05) is 49.4 Å². The quantitative estimate of drug-likeness (QED) is 0.497. The highest BCUT2D eigenvalue weighted by Crippen LogP contribution is 2.43. The predicted octanol–water partition coefficient (Wildman–Crippen LogP) is 4.50. The second-order valence-electron chi connectivity index (χ2n) is 9.16. The van der Waals surface area contributed by atoms with Crippen LogP contribution >= 0.6 is 0 Å². The van der Waals surface area contributed by atoms with Gasteiger partial charge in [0.15, 0.2) is 0 Å². The fraction of sp³-hybridized carbons (Fsp3) is 0.214. The zero-order valence-electron chi connectivity index (χ0n) is 18.8. The van der Waals surface area contributed by atoms with Crippen LogP contribution in [-0.4, -0.2) is 39.2 Å². The SMILES string of the molecule is Cc1ccccc1[C@@H]1c2[nH]c3ccccc3c2C[C@H]2C(=O)N(Cc3ccc(F)cc3)CC(=O)N12. The van der Waals surface area contributed by atoms with Gasteiger partial charge < -0.3 is 14.8 Å². The number of hydrogen-bond donors (Lipinski definition) is 1. The summed E-state index contributed by atoms with van der Waals surface area (Å²) in [5, 5.41) is 1.09. The fourth-order valence-electron chi connectivity index (χ4n) is 5.49. The molecule has 2 amide bonds. The first-order chi connectivity index (χ1) is 16.5. The molecule has 1 fully saturated rings. The molecule has 1 N–H and O–H groups in total. The van der Waals surface area contributed by atoms with E-state index >= 15 is 0 Å². The molecular formula is C28H24FN3O2. The van der Waals surface area contributed by atoms with E-state index in [2.05, 4.69) is 11.1 Å². The summed E-state index contributed by atoms with van der Waals surface area (Å²) in [6.45, 7) is 2.33. The molecule has 2 aliphatic rings. The lowest BCUT2D eigenvalue weighted by Gasteiger charge is -2.47. The van der Waals surface area contributed by atoms with Gasteiger partial charge >= 0.3 is 0 Å². The molecule has 0 spiro atoms. The average Bonchev–Trinajstić information content (AvgIpc) is 3.21. The topological polar surface area (TPSA) is 56.4 Å². The van der Waals surface area contributed by atoms with E-state index in [0.29, 0.717) is 6.42 Å². The van der Waals surface area contributed by atoms with Crippen LogP contribution in [0.5, 0.6) is 0 Å². The number of nitrogens with zero attached hydrogens (tertiary/aromatic N) is 2. The van der Waals surface area contributed by atoms with E-state index < -0.39 is 6.04 Å². The third-order valence-electron chi connectivity index (χ3n) is 7.11. The van der Waals surface area contributed by atoms with Gasteiger partial charge in [0.1, 0.15) is 18.4 Å². The number of amides is 2. The van der Waals surface area contributed by atoms with Crippen LogP contribution < -0.4 is 0 Å². The van der Waals surface area contributed by atoms with Crippen molar-refractivity contribution in [3.63, 3.8) is 0 Å². The molecule has 6 rings (SSSR count). The first-order valence-electron chi connectivity index (χ1n) is 11.5. The molecule has 0 bridgehead atoms. The number of para-hydroxylation sites is 1. The molecule has 4 aromatic rings. The monoisotopic (exact) mass is 453 g/mol. The predicted molar refractivity (Wildman–Crippen MR) is 127 cm³/mol.